The third-order valence-corrected chi connectivity index (χ3v) is 2.83. The van der Waals surface area contributed by atoms with E-state index < -0.39 is 0 Å². The quantitative estimate of drug-likeness (QED) is 0.643. The van der Waals surface area contributed by atoms with Crippen molar-refractivity contribution in [3.63, 3.8) is 0 Å². The zero-order valence-corrected chi connectivity index (χ0v) is 10.7. The van der Waals surface area contributed by atoms with Gasteiger partial charge >= 0.3 is 0 Å². The number of benzene rings is 1. The van der Waals surface area contributed by atoms with Crippen LogP contribution in [0, 0.1) is 0 Å². The summed E-state index contributed by atoms with van der Waals surface area (Å²) >= 11 is 3.23. The van der Waals surface area contributed by atoms with E-state index in [0.29, 0.717) is 28.1 Å². The van der Waals surface area contributed by atoms with Crippen molar-refractivity contribution >= 4 is 21.7 Å². The number of hydrogen-bond donors (Lipinski definition) is 0. The molecule has 1 heterocycles. The van der Waals surface area contributed by atoms with Crippen LogP contribution in [0.15, 0.2) is 34.9 Å². The van der Waals surface area contributed by atoms with Crippen molar-refractivity contribution in [2.24, 2.45) is 0 Å². The fourth-order valence-electron chi connectivity index (χ4n) is 1.37. The largest absolute Gasteiger partial charge is 0.497 e. The number of hydrogen-bond acceptors (Lipinski definition) is 4. The minimum absolute atomic E-state index is 0.163. The van der Waals surface area contributed by atoms with Gasteiger partial charge in [-0.1, -0.05) is 21.1 Å². The Labute approximate surface area is 107 Å². The van der Waals surface area contributed by atoms with Crippen LogP contribution in [0.25, 0.3) is 0 Å². The third-order valence-electron chi connectivity index (χ3n) is 2.28. The van der Waals surface area contributed by atoms with E-state index in [4.69, 9.17) is 9.26 Å². The van der Waals surface area contributed by atoms with Gasteiger partial charge in [0.2, 0.25) is 5.78 Å². The number of rotatable bonds is 4. The van der Waals surface area contributed by atoms with Gasteiger partial charge in [-0.25, -0.2) is 0 Å². The normalized spacial score (nSPS) is 10.2. The minimum Gasteiger partial charge on any atom is -0.497 e. The summed E-state index contributed by atoms with van der Waals surface area (Å²) in [5.74, 6) is 1.17. The summed E-state index contributed by atoms with van der Waals surface area (Å²) in [5, 5.41) is 4.26. The lowest BCUT2D eigenvalue weighted by molar-refractivity contribution is 0.103. The number of aromatic nitrogens is 1. The highest BCUT2D eigenvalue weighted by Gasteiger charge is 2.14. The van der Waals surface area contributed by atoms with Gasteiger partial charge in [0.05, 0.1) is 12.4 Å². The Balaban J connectivity index is 2.23. The molecule has 0 radical (unpaired) electrons. The molecule has 0 spiro atoms. The Morgan fingerprint density at radius 2 is 2.12 bits per heavy atom. The predicted molar refractivity (Wildman–Crippen MR) is 65.6 cm³/mol. The van der Waals surface area contributed by atoms with Gasteiger partial charge in [-0.05, 0) is 24.3 Å². The van der Waals surface area contributed by atoms with E-state index in [-0.39, 0.29) is 5.78 Å². The lowest BCUT2D eigenvalue weighted by Crippen LogP contribution is -2.01. The lowest BCUT2D eigenvalue weighted by Gasteiger charge is -2.00. The van der Waals surface area contributed by atoms with Crippen LogP contribution in [0.2, 0.25) is 0 Å². The first-order valence-corrected chi connectivity index (χ1v) is 6.07. The van der Waals surface area contributed by atoms with Crippen molar-refractivity contribution in [1.82, 2.24) is 5.16 Å². The van der Waals surface area contributed by atoms with Crippen LogP contribution in [0.5, 0.6) is 5.75 Å². The van der Waals surface area contributed by atoms with E-state index in [1.807, 2.05) is 0 Å². The summed E-state index contributed by atoms with van der Waals surface area (Å²) in [4.78, 5) is 12.0. The van der Waals surface area contributed by atoms with Gasteiger partial charge in [-0.2, -0.15) is 0 Å². The molecule has 1 aromatic carbocycles. The molecule has 0 saturated heterocycles. The van der Waals surface area contributed by atoms with Crippen molar-refractivity contribution in [2.45, 2.75) is 5.33 Å². The van der Waals surface area contributed by atoms with Crippen molar-refractivity contribution in [3.8, 4) is 5.75 Å². The van der Waals surface area contributed by atoms with E-state index in [9.17, 15) is 4.79 Å². The molecule has 0 saturated carbocycles. The standard InChI is InChI=1S/C12H10BrNO3/c1-16-9-4-2-8(3-5-9)12(15)11-6-10(7-13)17-14-11/h2-6H,7H2,1H3. The molecule has 0 unspecified atom stereocenters. The number of methoxy groups -OCH3 is 1. The van der Waals surface area contributed by atoms with E-state index in [2.05, 4.69) is 21.1 Å². The average molecular weight is 296 g/mol. The molecule has 0 N–H and O–H groups in total. The van der Waals surface area contributed by atoms with Crippen LogP contribution in [-0.2, 0) is 5.33 Å². The Kier molecular flexibility index (Phi) is 3.58. The second-order valence-corrected chi connectivity index (χ2v) is 3.93. The highest BCUT2D eigenvalue weighted by atomic mass is 79.9. The summed E-state index contributed by atoms with van der Waals surface area (Å²) < 4.78 is 9.98. The average Bonchev–Trinajstić information content (AvgIpc) is 2.87. The number of ketones is 1. The van der Waals surface area contributed by atoms with Crippen LogP contribution in [-0.4, -0.2) is 18.0 Å². The first kappa shape index (κ1) is 11.9. The molecule has 0 aliphatic carbocycles. The van der Waals surface area contributed by atoms with E-state index >= 15 is 0 Å². The van der Waals surface area contributed by atoms with Crippen molar-refractivity contribution < 1.29 is 14.1 Å². The molecule has 1 aromatic heterocycles. The predicted octanol–water partition coefficient (Wildman–Crippen LogP) is 2.81. The number of carbonyl (C=O) groups excluding carboxylic acids is 1. The highest BCUT2D eigenvalue weighted by Crippen LogP contribution is 2.16. The molecule has 2 aromatic rings. The van der Waals surface area contributed by atoms with Crippen LogP contribution in [0.4, 0.5) is 0 Å². The maximum Gasteiger partial charge on any atom is 0.214 e. The second kappa shape index (κ2) is 5.14. The summed E-state index contributed by atoms with van der Waals surface area (Å²) in [7, 11) is 1.58. The molecule has 2 rings (SSSR count). The van der Waals surface area contributed by atoms with Crippen molar-refractivity contribution in [1.29, 1.82) is 0 Å². The molecule has 88 valence electrons. The number of alkyl halides is 1. The van der Waals surface area contributed by atoms with E-state index in [1.54, 1.807) is 37.4 Å². The molecular weight excluding hydrogens is 286 g/mol. The Morgan fingerprint density at radius 1 is 1.41 bits per heavy atom. The van der Waals surface area contributed by atoms with Gasteiger partial charge in [0.15, 0.2) is 5.69 Å². The SMILES string of the molecule is COc1ccc(C(=O)c2cc(CBr)on2)cc1. The number of halogens is 1. The maximum absolute atomic E-state index is 12.0. The molecule has 0 aliphatic heterocycles. The van der Waals surface area contributed by atoms with E-state index in [0.717, 1.165) is 0 Å². The van der Waals surface area contributed by atoms with Crippen LogP contribution in [0.1, 0.15) is 21.8 Å². The minimum atomic E-state index is -0.163. The first-order valence-electron chi connectivity index (χ1n) is 4.95. The summed E-state index contributed by atoms with van der Waals surface area (Å²) in [5.41, 5.74) is 0.866. The summed E-state index contributed by atoms with van der Waals surface area (Å²) in [6, 6.07) is 8.49. The Bertz CT molecular complexity index is 519. The first-order chi connectivity index (χ1) is 8.24. The van der Waals surface area contributed by atoms with Gasteiger partial charge in [-0.15, -0.1) is 0 Å². The topological polar surface area (TPSA) is 52.3 Å². The monoisotopic (exact) mass is 295 g/mol. The molecule has 5 heteroatoms. The van der Waals surface area contributed by atoms with Crippen LogP contribution >= 0.6 is 15.9 Å². The molecule has 17 heavy (non-hydrogen) atoms. The number of nitrogens with zero attached hydrogens (tertiary/aromatic N) is 1. The lowest BCUT2D eigenvalue weighted by atomic mass is 10.1. The third kappa shape index (κ3) is 2.55. The summed E-state index contributed by atoms with van der Waals surface area (Å²) in [6.07, 6.45) is 0. The molecule has 0 amide bonds. The van der Waals surface area contributed by atoms with Gasteiger partial charge in [0.1, 0.15) is 11.5 Å². The second-order valence-electron chi connectivity index (χ2n) is 3.37. The molecule has 0 atom stereocenters. The summed E-state index contributed by atoms with van der Waals surface area (Å²) in [6.45, 7) is 0. The van der Waals surface area contributed by atoms with Gasteiger partial charge in [0.25, 0.3) is 0 Å². The zero-order valence-electron chi connectivity index (χ0n) is 9.14. The van der Waals surface area contributed by atoms with Gasteiger partial charge < -0.3 is 9.26 Å². The fourth-order valence-corrected chi connectivity index (χ4v) is 1.64. The van der Waals surface area contributed by atoms with Crippen molar-refractivity contribution in [3.05, 3.63) is 47.3 Å². The Morgan fingerprint density at radius 3 is 2.65 bits per heavy atom. The molecule has 0 fully saturated rings. The molecule has 0 aliphatic rings. The highest BCUT2D eigenvalue weighted by molar-refractivity contribution is 9.08. The fraction of sp³-hybridized carbons (Fsp3) is 0.167. The van der Waals surface area contributed by atoms with Crippen LogP contribution < -0.4 is 4.74 Å². The Hall–Kier alpha value is -1.62. The number of carbonyl (C=O) groups is 1. The maximum atomic E-state index is 12.0. The van der Waals surface area contributed by atoms with Gasteiger partial charge in [-0.3, -0.25) is 4.79 Å². The van der Waals surface area contributed by atoms with Crippen LogP contribution in [0.3, 0.4) is 0 Å². The van der Waals surface area contributed by atoms with Crippen molar-refractivity contribution in [2.75, 3.05) is 7.11 Å². The van der Waals surface area contributed by atoms with Gasteiger partial charge in [0, 0.05) is 11.6 Å². The van der Waals surface area contributed by atoms with E-state index in [1.165, 1.54) is 0 Å². The molecule has 0 bridgehead atoms. The smallest absolute Gasteiger partial charge is 0.214 e. The molecule has 4 nitrogen and oxygen atoms in total. The zero-order chi connectivity index (χ0) is 12.3. The molecular formula is C12H10BrNO3. The number of ether oxygens (including phenoxy) is 1.